The van der Waals surface area contributed by atoms with Gasteiger partial charge in [0.05, 0.1) is 6.54 Å². The van der Waals surface area contributed by atoms with Crippen molar-refractivity contribution in [2.24, 2.45) is 7.05 Å². The highest BCUT2D eigenvalue weighted by molar-refractivity contribution is 5.72. The lowest BCUT2D eigenvalue weighted by Crippen LogP contribution is -2.28. The van der Waals surface area contributed by atoms with Gasteiger partial charge in [-0.2, -0.15) is 5.10 Å². The maximum absolute atomic E-state index is 12.1. The predicted molar refractivity (Wildman–Crippen MR) is 79.1 cm³/mol. The first kappa shape index (κ1) is 13.4. The molecule has 1 amide bonds. The first-order chi connectivity index (χ1) is 10.1. The van der Waals surface area contributed by atoms with Crippen LogP contribution in [0.3, 0.4) is 0 Å². The average molecular weight is 283 g/mol. The smallest absolute Gasteiger partial charge is 0.414 e. The van der Waals surface area contributed by atoms with Crippen LogP contribution < -0.4 is 0 Å². The van der Waals surface area contributed by atoms with E-state index in [9.17, 15) is 4.79 Å². The van der Waals surface area contributed by atoms with E-state index in [4.69, 9.17) is 4.74 Å². The number of carbonyl (C=O) groups excluding carboxylic acids is 1. The SMILES string of the molecule is Cc1cc(COC(=O)N2C=Cc3ccccc3C2)nn1C. The number of hydrogen-bond acceptors (Lipinski definition) is 3. The summed E-state index contributed by atoms with van der Waals surface area (Å²) in [5.74, 6) is 0. The Hall–Kier alpha value is -2.56. The molecule has 0 bridgehead atoms. The summed E-state index contributed by atoms with van der Waals surface area (Å²) in [6, 6.07) is 9.92. The Morgan fingerprint density at radius 1 is 1.38 bits per heavy atom. The number of ether oxygens (including phenoxy) is 1. The molecule has 0 fully saturated rings. The van der Waals surface area contributed by atoms with Crippen molar-refractivity contribution in [1.82, 2.24) is 14.7 Å². The molecule has 1 aromatic carbocycles. The van der Waals surface area contributed by atoms with Gasteiger partial charge in [-0.15, -0.1) is 0 Å². The van der Waals surface area contributed by atoms with Crippen LogP contribution in [0, 0.1) is 6.92 Å². The number of fused-ring (bicyclic) bond motifs is 1. The van der Waals surface area contributed by atoms with Crippen LogP contribution >= 0.6 is 0 Å². The Bertz CT molecular complexity index is 684. The normalized spacial score (nSPS) is 13.1. The van der Waals surface area contributed by atoms with Crippen LogP contribution in [-0.2, 0) is 24.9 Å². The molecule has 1 aromatic heterocycles. The second-order valence-electron chi connectivity index (χ2n) is 5.10. The van der Waals surface area contributed by atoms with Crippen molar-refractivity contribution in [1.29, 1.82) is 0 Å². The van der Waals surface area contributed by atoms with Crippen molar-refractivity contribution in [3.05, 3.63) is 59.0 Å². The van der Waals surface area contributed by atoms with Crippen LogP contribution in [0.1, 0.15) is 22.5 Å². The van der Waals surface area contributed by atoms with Gasteiger partial charge < -0.3 is 4.74 Å². The highest BCUT2D eigenvalue weighted by atomic mass is 16.6. The van der Waals surface area contributed by atoms with E-state index in [1.54, 1.807) is 15.8 Å². The Balaban J connectivity index is 1.62. The van der Waals surface area contributed by atoms with Gasteiger partial charge in [-0.25, -0.2) is 4.79 Å². The van der Waals surface area contributed by atoms with Crippen LogP contribution in [0.15, 0.2) is 36.5 Å². The van der Waals surface area contributed by atoms with Crippen molar-refractivity contribution < 1.29 is 9.53 Å². The molecule has 1 aliphatic heterocycles. The molecular formula is C16H17N3O2. The van der Waals surface area contributed by atoms with E-state index in [1.165, 1.54) is 0 Å². The molecule has 5 nitrogen and oxygen atoms in total. The predicted octanol–water partition coefficient (Wildman–Crippen LogP) is 2.85. The highest BCUT2D eigenvalue weighted by Gasteiger charge is 2.18. The third kappa shape index (κ3) is 2.81. The van der Waals surface area contributed by atoms with Crippen LogP contribution in [-0.4, -0.2) is 20.8 Å². The molecule has 2 heterocycles. The topological polar surface area (TPSA) is 47.4 Å². The van der Waals surface area contributed by atoms with Gasteiger partial charge in [-0.1, -0.05) is 24.3 Å². The van der Waals surface area contributed by atoms with Gasteiger partial charge in [0.15, 0.2) is 0 Å². The standard InChI is InChI=1S/C16H17N3O2/c1-12-9-15(17-18(12)2)11-21-16(20)19-8-7-13-5-3-4-6-14(13)10-19/h3-9H,10-11H2,1-2H3. The number of carbonyl (C=O) groups is 1. The fourth-order valence-corrected chi connectivity index (χ4v) is 2.30. The summed E-state index contributed by atoms with van der Waals surface area (Å²) in [7, 11) is 1.87. The number of amides is 1. The number of aromatic nitrogens is 2. The van der Waals surface area contributed by atoms with Crippen LogP contribution in [0.5, 0.6) is 0 Å². The average Bonchev–Trinajstić information content (AvgIpc) is 2.83. The van der Waals surface area contributed by atoms with Crippen molar-refractivity contribution in [2.75, 3.05) is 0 Å². The molecule has 21 heavy (non-hydrogen) atoms. The number of nitrogens with zero attached hydrogens (tertiary/aromatic N) is 3. The van der Waals surface area contributed by atoms with Gasteiger partial charge in [0, 0.05) is 18.9 Å². The zero-order valence-electron chi connectivity index (χ0n) is 12.1. The molecule has 1 aliphatic rings. The Morgan fingerprint density at radius 3 is 2.95 bits per heavy atom. The maximum atomic E-state index is 12.1. The van der Waals surface area contributed by atoms with Gasteiger partial charge in [-0.3, -0.25) is 9.58 Å². The molecule has 0 radical (unpaired) electrons. The number of benzene rings is 1. The van der Waals surface area contributed by atoms with Crippen molar-refractivity contribution >= 4 is 12.2 Å². The molecule has 0 atom stereocenters. The fourth-order valence-electron chi connectivity index (χ4n) is 2.30. The van der Waals surface area contributed by atoms with Gasteiger partial charge in [0.2, 0.25) is 0 Å². The molecule has 0 saturated carbocycles. The number of aryl methyl sites for hydroxylation is 2. The van der Waals surface area contributed by atoms with E-state index in [0.717, 1.165) is 22.5 Å². The van der Waals surface area contributed by atoms with E-state index >= 15 is 0 Å². The summed E-state index contributed by atoms with van der Waals surface area (Å²) in [5.41, 5.74) is 4.05. The molecule has 3 rings (SSSR count). The number of hydrogen-bond donors (Lipinski definition) is 0. The van der Waals surface area contributed by atoms with Gasteiger partial charge in [-0.05, 0) is 30.2 Å². The third-order valence-electron chi connectivity index (χ3n) is 3.57. The van der Waals surface area contributed by atoms with Crippen LogP contribution in [0.2, 0.25) is 0 Å². The summed E-state index contributed by atoms with van der Waals surface area (Å²) in [5, 5.41) is 4.27. The minimum Gasteiger partial charge on any atom is -0.443 e. The Morgan fingerprint density at radius 2 is 2.19 bits per heavy atom. The van der Waals surface area contributed by atoms with E-state index in [1.807, 2.05) is 50.4 Å². The lowest BCUT2D eigenvalue weighted by atomic mass is 10.1. The van der Waals surface area contributed by atoms with E-state index < -0.39 is 0 Å². The molecule has 2 aromatic rings. The Kier molecular flexibility index (Phi) is 3.48. The van der Waals surface area contributed by atoms with Crippen LogP contribution in [0.25, 0.3) is 6.08 Å². The lowest BCUT2D eigenvalue weighted by Gasteiger charge is -2.22. The van der Waals surface area contributed by atoms with Crippen LogP contribution in [0.4, 0.5) is 4.79 Å². The summed E-state index contributed by atoms with van der Waals surface area (Å²) >= 11 is 0. The molecule has 0 unspecified atom stereocenters. The van der Waals surface area contributed by atoms with E-state index in [-0.39, 0.29) is 12.7 Å². The number of rotatable bonds is 2. The fraction of sp³-hybridized carbons (Fsp3) is 0.250. The van der Waals surface area contributed by atoms with Gasteiger partial charge in [0.1, 0.15) is 12.3 Å². The van der Waals surface area contributed by atoms with Gasteiger partial charge >= 0.3 is 6.09 Å². The summed E-state index contributed by atoms with van der Waals surface area (Å²) in [4.78, 5) is 13.7. The van der Waals surface area contributed by atoms with Crippen molar-refractivity contribution in [3.63, 3.8) is 0 Å². The molecule has 5 heteroatoms. The first-order valence-electron chi connectivity index (χ1n) is 6.82. The Labute approximate surface area is 123 Å². The second kappa shape index (κ2) is 5.44. The van der Waals surface area contributed by atoms with Gasteiger partial charge in [0.25, 0.3) is 0 Å². The molecule has 108 valence electrons. The first-order valence-corrected chi connectivity index (χ1v) is 6.82. The lowest BCUT2D eigenvalue weighted by molar-refractivity contribution is 0.107. The second-order valence-corrected chi connectivity index (χ2v) is 5.10. The molecule has 0 spiro atoms. The molecule has 0 saturated heterocycles. The monoisotopic (exact) mass is 283 g/mol. The highest BCUT2D eigenvalue weighted by Crippen LogP contribution is 2.20. The molecule has 0 aliphatic carbocycles. The quantitative estimate of drug-likeness (QED) is 0.851. The zero-order chi connectivity index (χ0) is 14.8. The summed E-state index contributed by atoms with van der Waals surface area (Å²) < 4.78 is 7.07. The minimum absolute atomic E-state index is 0.187. The third-order valence-corrected chi connectivity index (χ3v) is 3.57. The minimum atomic E-state index is -0.357. The largest absolute Gasteiger partial charge is 0.443 e. The summed E-state index contributed by atoms with van der Waals surface area (Å²) in [6.45, 7) is 2.68. The maximum Gasteiger partial charge on any atom is 0.414 e. The summed E-state index contributed by atoms with van der Waals surface area (Å²) in [6.07, 6.45) is 3.32. The van der Waals surface area contributed by atoms with E-state index in [0.29, 0.717) is 6.54 Å². The molecule has 0 N–H and O–H groups in total. The zero-order valence-corrected chi connectivity index (χ0v) is 12.1. The van der Waals surface area contributed by atoms with E-state index in [2.05, 4.69) is 5.10 Å². The molecular weight excluding hydrogens is 266 g/mol. The van der Waals surface area contributed by atoms with Crippen molar-refractivity contribution in [2.45, 2.75) is 20.1 Å². The van der Waals surface area contributed by atoms with Crippen molar-refractivity contribution in [3.8, 4) is 0 Å².